The normalized spacial score (nSPS) is 13.4. The Morgan fingerprint density at radius 3 is 2.39 bits per heavy atom. The zero-order valence-electron chi connectivity index (χ0n) is 10.1. The molecule has 0 aliphatic heterocycles. The second-order valence-corrected chi connectivity index (χ2v) is 3.94. The third kappa shape index (κ3) is 4.06. The zero-order chi connectivity index (χ0) is 13.5. The van der Waals surface area contributed by atoms with Crippen LogP contribution >= 0.6 is 0 Å². The lowest BCUT2D eigenvalue weighted by molar-refractivity contribution is -0.123. The van der Waals surface area contributed by atoms with Crippen LogP contribution in [0.4, 0.5) is 4.79 Å². The van der Waals surface area contributed by atoms with E-state index in [2.05, 4.69) is 10.6 Å². The third-order valence-electron chi connectivity index (χ3n) is 2.34. The molecule has 2 unspecified atom stereocenters. The molecule has 0 aliphatic carbocycles. The van der Waals surface area contributed by atoms with E-state index in [1.807, 2.05) is 0 Å². The number of hydrogen-bond donors (Lipinski definition) is 4. The summed E-state index contributed by atoms with van der Waals surface area (Å²) in [6.07, 6.45) is 0. The highest BCUT2D eigenvalue weighted by Crippen LogP contribution is 2.12. The number of nitrogens with one attached hydrogen (secondary N) is 2. The Labute approximate surface area is 105 Å². The van der Waals surface area contributed by atoms with Gasteiger partial charge < -0.3 is 21.5 Å². The van der Waals surface area contributed by atoms with Gasteiger partial charge in [0.2, 0.25) is 5.91 Å². The van der Waals surface area contributed by atoms with Crippen molar-refractivity contribution in [3.05, 3.63) is 35.9 Å². The van der Waals surface area contributed by atoms with Crippen molar-refractivity contribution in [2.45, 2.75) is 19.0 Å². The van der Waals surface area contributed by atoms with Gasteiger partial charge in [-0.3, -0.25) is 4.79 Å². The number of aliphatic hydroxyl groups is 1. The number of benzene rings is 1. The number of carbonyl (C=O) groups excluding carboxylic acids is 2. The quantitative estimate of drug-likeness (QED) is 0.587. The van der Waals surface area contributed by atoms with E-state index >= 15 is 0 Å². The molecule has 98 valence electrons. The molecule has 3 amide bonds. The van der Waals surface area contributed by atoms with Crippen LogP contribution in [0.5, 0.6) is 0 Å². The van der Waals surface area contributed by atoms with E-state index in [0.29, 0.717) is 5.56 Å². The molecule has 5 N–H and O–H groups in total. The summed E-state index contributed by atoms with van der Waals surface area (Å²) in [5, 5.41) is 13.8. The van der Waals surface area contributed by atoms with E-state index in [4.69, 9.17) is 10.8 Å². The fourth-order valence-electron chi connectivity index (χ4n) is 1.46. The molecule has 6 nitrogen and oxygen atoms in total. The van der Waals surface area contributed by atoms with Crippen LogP contribution in [-0.4, -0.2) is 29.7 Å². The minimum atomic E-state index is -0.863. The molecule has 1 aromatic carbocycles. The lowest BCUT2D eigenvalue weighted by atomic mass is 10.1. The van der Waals surface area contributed by atoms with Gasteiger partial charge in [0.1, 0.15) is 6.04 Å². The molecular formula is C12H17N3O3. The highest BCUT2D eigenvalue weighted by Gasteiger charge is 2.22. The summed E-state index contributed by atoms with van der Waals surface area (Å²) in [4.78, 5) is 22.9. The van der Waals surface area contributed by atoms with E-state index in [-0.39, 0.29) is 6.61 Å². The summed E-state index contributed by atoms with van der Waals surface area (Å²) in [7, 11) is 0. The Morgan fingerprint density at radius 2 is 1.89 bits per heavy atom. The highest BCUT2D eigenvalue weighted by molar-refractivity contribution is 5.87. The van der Waals surface area contributed by atoms with Crippen molar-refractivity contribution in [3.63, 3.8) is 0 Å². The molecule has 1 rings (SSSR count). The van der Waals surface area contributed by atoms with Crippen molar-refractivity contribution in [1.29, 1.82) is 0 Å². The van der Waals surface area contributed by atoms with Crippen molar-refractivity contribution in [3.8, 4) is 0 Å². The number of carbonyl (C=O) groups is 2. The van der Waals surface area contributed by atoms with Gasteiger partial charge in [0.05, 0.1) is 6.61 Å². The standard InChI is InChI=1S/C12H17N3O3/c1-8(7-16)14-11(17)10(15-12(13)18)9-5-3-2-4-6-9/h2-6,8,10,16H,7H2,1H3,(H,14,17)(H3,13,15,18). The van der Waals surface area contributed by atoms with E-state index in [0.717, 1.165) is 0 Å². The van der Waals surface area contributed by atoms with E-state index in [1.54, 1.807) is 37.3 Å². The van der Waals surface area contributed by atoms with E-state index in [9.17, 15) is 9.59 Å². The number of primary amides is 1. The Morgan fingerprint density at radius 1 is 1.28 bits per heavy atom. The molecular weight excluding hydrogens is 234 g/mol. The molecule has 0 heterocycles. The number of hydrogen-bond acceptors (Lipinski definition) is 3. The molecule has 0 spiro atoms. The van der Waals surface area contributed by atoms with Gasteiger partial charge in [-0.05, 0) is 12.5 Å². The minimum Gasteiger partial charge on any atom is -0.394 e. The van der Waals surface area contributed by atoms with Gasteiger partial charge in [0.25, 0.3) is 0 Å². The first kappa shape index (κ1) is 14.0. The predicted molar refractivity (Wildman–Crippen MR) is 66.6 cm³/mol. The smallest absolute Gasteiger partial charge is 0.313 e. The van der Waals surface area contributed by atoms with Crippen LogP contribution in [0.2, 0.25) is 0 Å². The van der Waals surface area contributed by atoms with Crippen LogP contribution in [0, 0.1) is 0 Å². The van der Waals surface area contributed by atoms with Crippen LogP contribution in [0.3, 0.4) is 0 Å². The van der Waals surface area contributed by atoms with Gasteiger partial charge >= 0.3 is 6.03 Å². The summed E-state index contributed by atoms with van der Waals surface area (Å²) in [6, 6.07) is 6.71. The topological polar surface area (TPSA) is 104 Å². The SMILES string of the molecule is CC(CO)NC(=O)C(NC(N)=O)c1ccccc1. The van der Waals surface area contributed by atoms with E-state index in [1.165, 1.54) is 0 Å². The zero-order valence-corrected chi connectivity index (χ0v) is 10.1. The molecule has 0 aliphatic rings. The summed E-state index contributed by atoms with van der Waals surface area (Å²) >= 11 is 0. The fraction of sp³-hybridized carbons (Fsp3) is 0.333. The maximum atomic E-state index is 12.0. The third-order valence-corrected chi connectivity index (χ3v) is 2.34. The number of amides is 3. The Kier molecular flexibility index (Phi) is 5.13. The number of rotatable bonds is 5. The molecule has 0 radical (unpaired) electrons. The van der Waals surface area contributed by atoms with Crippen molar-refractivity contribution >= 4 is 11.9 Å². The number of aliphatic hydroxyl groups excluding tert-OH is 1. The molecule has 0 fully saturated rings. The number of nitrogens with two attached hydrogens (primary N) is 1. The van der Waals surface area contributed by atoms with Gasteiger partial charge in [-0.15, -0.1) is 0 Å². The van der Waals surface area contributed by atoms with Crippen LogP contribution in [0.1, 0.15) is 18.5 Å². The fourth-order valence-corrected chi connectivity index (χ4v) is 1.46. The molecule has 0 saturated heterocycles. The van der Waals surface area contributed by atoms with Crippen LogP contribution < -0.4 is 16.4 Å². The summed E-state index contributed by atoms with van der Waals surface area (Å²) in [6.45, 7) is 1.48. The first-order chi connectivity index (χ1) is 8.54. The van der Waals surface area contributed by atoms with Crippen molar-refractivity contribution in [1.82, 2.24) is 10.6 Å². The average molecular weight is 251 g/mol. The maximum Gasteiger partial charge on any atom is 0.313 e. The van der Waals surface area contributed by atoms with Gasteiger partial charge in [-0.2, -0.15) is 0 Å². The molecule has 0 saturated carbocycles. The summed E-state index contributed by atoms with van der Waals surface area (Å²) in [5.41, 5.74) is 5.68. The minimum absolute atomic E-state index is 0.177. The Bertz CT molecular complexity index is 408. The first-order valence-corrected chi connectivity index (χ1v) is 5.56. The van der Waals surface area contributed by atoms with Crippen molar-refractivity contribution in [2.75, 3.05) is 6.61 Å². The van der Waals surface area contributed by atoms with Crippen LogP contribution in [0.15, 0.2) is 30.3 Å². The predicted octanol–water partition coefficient (Wildman–Crippen LogP) is -0.107. The summed E-state index contributed by atoms with van der Waals surface area (Å²) < 4.78 is 0. The average Bonchev–Trinajstić information content (AvgIpc) is 2.36. The molecule has 2 atom stereocenters. The lowest BCUT2D eigenvalue weighted by Crippen LogP contribution is -2.45. The maximum absolute atomic E-state index is 12.0. The van der Waals surface area contributed by atoms with Gasteiger partial charge in [-0.1, -0.05) is 30.3 Å². The highest BCUT2D eigenvalue weighted by atomic mass is 16.3. The second kappa shape index (κ2) is 6.61. The molecule has 18 heavy (non-hydrogen) atoms. The molecule has 0 aromatic heterocycles. The lowest BCUT2D eigenvalue weighted by Gasteiger charge is -2.19. The van der Waals surface area contributed by atoms with Crippen LogP contribution in [-0.2, 0) is 4.79 Å². The van der Waals surface area contributed by atoms with Crippen LogP contribution in [0.25, 0.3) is 0 Å². The van der Waals surface area contributed by atoms with Gasteiger partial charge in [0.15, 0.2) is 0 Å². The Hall–Kier alpha value is -2.08. The molecule has 6 heteroatoms. The van der Waals surface area contributed by atoms with Gasteiger partial charge in [-0.25, -0.2) is 4.79 Å². The Balaban J connectivity index is 2.85. The van der Waals surface area contributed by atoms with Crippen molar-refractivity contribution in [2.24, 2.45) is 5.73 Å². The first-order valence-electron chi connectivity index (χ1n) is 5.56. The van der Waals surface area contributed by atoms with Crippen molar-refractivity contribution < 1.29 is 14.7 Å². The largest absolute Gasteiger partial charge is 0.394 e. The van der Waals surface area contributed by atoms with Gasteiger partial charge in [0, 0.05) is 6.04 Å². The number of urea groups is 1. The van der Waals surface area contributed by atoms with E-state index < -0.39 is 24.0 Å². The summed E-state index contributed by atoms with van der Waals surface area (Å²) in [5.74, 6) is -0.415. The molecule has 1 aromatic rings. The monoisotopic (exact) mass is 251 g/mol. The second-order valence-electron chi connectivity index (χ2n) is 3.94. The molecule has 0 bridgehead atoms.